The van der Waals surface area contributed by atoms with Gasteiger partial charge in [-0.05, 0) is 50.4 Å². The minimum Gasteiger partial charge on any atom is -0.338 e. The van der Waals surface area contributed by atoms with Crippen molar-refractivity contribution in [3.8, 4) is 0 Å². The summed E-state index contributed by atoms with van der Waals surface area (Å²) >= 11 is 2.32. The molecule has 0 aliphatic carbocycles. The molecule has 23 heavy (non-hydrogen) atoms. The molecule has 2 aliphatic rings. The fourth-order valence-corrected chi connectivity index (χ4v) is 4.97. The van der Waals surface area contributed by atoms with Crippen LogP contribution in [-0.4, -0.2) is 33.2 Å². The second kappa shape index (κ2) is 6.09. The highest BCUT2D eigenvalue weighted by Gasteiger charge is 2.44. The van der Waals surface area contributed by atoms with Gasteiger partial charge in [-0.25, -0.2) is 0 Å². The van der Waals surface area contributed by atoms with E-state index in [1.54, 1.807) is 0 Å². The van der Waals surface area contributed by atoms with E-state index in [0.29, 0.717) is 5.91 Å². The van der Waals surface area contributed by atoms with Gasteiger partial charge in [-0.3, -0.25) is 7.58 Å². The number of para-hydroxylation sites is 1. The summed E-state index contributed by atoms with van der Waals surface area (Å²) in [4.78, 5) is 15.2. The average Bonchev–Trinajstić information content (AvgIpc) is 2.90. The van der Waals surface area contributed by atoms with Crippen LogP contribution in [0.1, 0.15) is 31.2 Å². The third-order valence-electron chi connectivity index (χ3n) is 5.50. The van der Waals surface area contributed by atoms with E-state index in [0.717, 1.165) is 51.9 Å². The first-order valence-electron chi connectivity index (χ1n) is 8.45. The van der Waals surface area contributed by atoms with Gasteiger partial charge < -0.3 is 10.2 Å². The minimum absolute atomic E-state index is 0.0911. The lowest BCUT2D eigenvalue weighted by atomic mass is 9.72. The predicted octanol–water partition coefficient (Wildman–Crippen LogP) is 3.33. The summed E-state index contributed by atoms with van der Waals surface area (Å²) in [5.74, 6) is 0.385. The Balaban J connectivity index is 1.61. The maximum Gasteiger partial charge on any atom is 0.229 e. The monoisotopic (exact) mass is 423 g/mol. The van der Waals surface area contributed by atoms with Gasteiger partial charge in [0.2, 0.25) is 5.91 Å². The molecule has 5 heteroatoms. The number of carbonyl (C=O) groups is 1. The zero-order valence-electron chi connectivity index (χ0n) is 13.2. The van der Waals surface area contributed by atoms with Gasteiger partial charge in [-0.2, -0.15) is 0 Å². The molecule has 122 valence electrons. The Morgan fingerprint density at radius 1 is 1.17 bits per heavy atom. The fraction of sp³-hybridized carbons (Fsp3) is 0.500. The number of aromatic nitrogens is 1. The van der Waals surface area contributed by atoms with E-state index in [-0.39, 0.29) is 5.41 Å². The maximum atomic E-state index is 13.1. The minimum atomic E-state index is -0.0911. The average molecular weight is 423 g/mol. The lowest BCUT2D eigenvalue weighted by Crippen LogP contribution is -2.52. The van der Waals surface area contributed by atoms with Gasteiger partial charge in [0, 0.05) is 24.7 Å². The molecule has 2 fully saturated rings. The molecule has 2 saturated heterocycles. The highest BCUT2D eigenvalue weighted by molar-refractivity contribution is 14.1. The number of hydrogen-bond donors (Lipinski definition) is 1. The predicted molar refractivity (Wildman–Crippen MR) is 101 cm³/mol. The quantitative estimate of drug-likeness (QED) is 0.753. The van der Waals surface area contributed by atoms with Crippen LogP contribution in [0.4, 0.5) is 0 Å². The number of carbonyl (C=O) groups excluding carboxylic acids is 1. The van der Waals surface area contributed by atoms with Crippen molar-refractivity contribution in [1.29, 1.82) is 0 Å². The van der Waals surface area contributed by atoms with Gasteiger partial charge in [0.05, 0.1) is 33.8 Å². The molecule has 0 radical (unpaired) electrons. The molecular formula is C18H22IN3O. The van der Waals surface area contributed by atoms with E-state index in [1.165, 1.54) is 16.5 Å². The van der Waals surface area contributed by atoms with Crippen LogP contribution < -0.4 is 5.32 Å². The van der Waals surface area contributed by atoms with Crippen molar-refractivity contribution in [1.82, 2.24) is 13.0 Å². The number of nitrogens with one attached hydrogen (secondary N) is 1. The number of fused-ring (bicyclic) bond motifs is 1. The van der Waals surface area contributed by atoms with Crippen LogP contribution >= 0.6 is 22.9 Å². The molecule has 0 unspecified atom stereocenters. The second-order valence-corrected chi connectivity index (χ2v) is 7.88. The Morgan fingerprint density at radius 3 is 2.78 bits per heavy atom. The maximum absolute atomic E-state index is 13.1. The standard InChI is InChI=1S/C18H22IN3O/c19-22-13-14(15-4-1-2-5-16(15)22)12-21-11-3-6-18(17(21)23)7-9-20-10-8-18/h1-2,4-5,13,20H,3,6-12H2. The van der Waals surface area contributed by atoms with Crippen molar-refractivity contribution in [2.45, 2.75) is 32.2 Å². The molecule has 1 spiro atoms. The fourth-order valence-electron chi connectivity index (χ4n) is 4.21. The van der Waals surface area contributed by atoms with Gasteiger partial charge in [0.25, 0.3) is 0 Å². The normalized spacial score (nSPS) is 21.3. The Bertz CT molecular complexity index is 727. The van der Waals surface area contributed by atoms with Crippen molar-refractivity contribution < 1.29 is 4.79 Å². The third kappa shape index (κ3) is 2.67. The van der Waals surface area contributed by atoms with E-state index in [4.69, 9.17) is 0 Å². The Labute approximate surface area is 150 Å². The summed E-state index contributed by atoms with van der Waals surface area (Å²) in [5, 5.41) is 4.66. The molecule has 3 heterocycles. The SMILES string of the molecule is O=C1N(Cc2cn(I)c3ccccc23)CCCC12CCNCC2. The Kier molecular flexibility index (Phi) is 4.09. The van der Waals surface area contributed by atoms with Crippen LogP contribution in [-0.2, 0) is 11.3 Å². The summed E-state index contributed by atoms with van der Waals surface area (Å²) in [6, 6.07) is 8.44. The van der Waals surface area contributed by atoms with Gasteiger partial charge in [-0.15, -0.1) is 0 Å². The summed E-state index contributed by atoms with van der Waals surface area (Å²) in [7, 11) is 0. The van der Waals surface area contributed by atoms with Crippen molar-refractivity contribution in [2.75, 3.05) is 19.6 Å². The summed E-state index contributed by atoms with van der Waals surface area (Å²) < 4.78 is 2.14. The molecule has 2 aromatic rings. The van der Waals surface area contributed by atoms with Gasteiger partial charge in [0.1, 0.15) is 0 Å². The Hall–Kier alpha value is -1.08. The van der Waals surface area contributed by atoms with Gasteiger partial charge in [-0.1, -0.05) is 18.2 Å². The summed E-state index contributed by atoms with van der Waals surface area (Å²) in [6.07, 6.45) is 6.36. The number of piperidine rings is 2. The Morgan fingerprint density at radius 2 is 1.96 bits per heavy atom. The first-order valence-corrected chi connectivity index (χ1v) is 9.41. The molecule has 4 nitrogen and oxygen atoms in total. The van der Waals surface area contributed by atoms with E-state index in [1.807, 2.05) is 0 Å². The van der Waals surface area contributed by atoms with E-state index in [2.05, 4.69) is 66.3 Å². The molecule has 1 aromatic heterocycles. The molecule has 0 bridgehead atoms. The largest absolute Gasteiger partial charge is 0.338 e. The molecule has 2 aliphatic heterocycles. The highest BCUT2D eigenvalue weighted by atomic mass is 127. The molecule has 4 rings (SSSR count). The molecule has 1 aromatic carbocycles. The first kappa shape index (κ1) is 15.4. The lowest BCUT2D eigenvalue weighted by Gasteiger charge is -2.44. The smallest absolute Gasteiger partial charge is 0.229 e. The molecule has 0 atom stereocenters. The number of benzene rings is 1. The lowest BCUT2D eigenvalue weighted by molar-refractivity contribution is -0.149. The van der Waals surface area contributed by atoms with Crippen LogP contribution in [0.2, 0.25) is 0 Å². The van der Waals surface area contributed by atoms with Gasteiger partial charge >= 0.3 is 0 Å². The zero-order chi connectivity index (χ0) is 15.9. The first-order chi connectivity index (χ1) is 11.2. The van der Waals surface area contributed by atoms with Crippen LogP contribution in [0.25, 0.3) is 10.9 Å². The number of likely N-dealkylation sites (tertiary alicyclic amines) is 1. The van der Waals surface area contributed by atoms with E-state index in [9.17, 15) is 4.79 Å². The van der Waals surface area contributed by atoms with E-state index < -0.39 is 0 Å². The van der Waals surface area contributed by atoms with Crippen LogP contribution in [0.5, 0.6) is 0 Å². The molecule has 1 N–H and O–H groups in total. The van der Waals surface area contributed by atoms with E-state index >= 15 is 0 Å². The van der Waals surface area contributed by atoms with Gasteiger partial charge in [0.15, 0.2) is 0 Å². The van der Waals surface area contributed by atoms with Crippen molar-refractivity contribution >= 4 is 39.7 Å². The van der Waals surface area contributed by atoms with Crippen LogP contribution in [0, 0.1) is 5.41 Å². The molecule has 0 saturated carbocycles. The van der Waals surface area contributed by atoms with Crippen molar-refractivity contribution in [3.05, 3.63) is 36.0 Å². The molecule has 1 amide bonds. The molecular weight excluding hydrogens is 401 g/mol. The third-order valence-corrected chi connectivity index (χ3v) is 6.29. The summed E-state index contributed by atoms with van der Waals surface area (Å²) in [5.41, 5.74) is 2.39. The van der Waals surface area contributed by atoms with Crippen LogP contribution in [0.15, 0.2) is 30.5 Å². The number of hydrogen-bond acceptors (Lipinski definition) is 2. The summed E-state index contributed by atoms with van der Waals surface area (Å²) in [6.45, 7) is 3.60. The topological polar surface area (TPSA) is 37.3 Å². The van der Waals surface area contributed by atoms with Crippen molar-refractivity contribution in [3.63, 3.8) is 0 Å². The number of nitrogens with zero attached hydrogens (tertiary/aromatic N) is 2. The number of halogens is 1. The zero-order valence-corrected chi connectivity index (χ0v) is 15.4. The number of rotatable bonds is 2. The van der Waals surface area contributed by atoms with Crippen molar-refractivity contribution in [2.24, 2.45) is 5.41 Å². The number of amides is 1. The van der Waals surface area contributed by atoms with Crippen LogP contribution in [0.3, 0.4) is 0 Å². The second-order valence-electron chi connectivity index (χ2n) is 6.84. The highest BCUT2D eigenvalue weighted by Crippen LogP contribution is 2.40.